The smallest absolute Gasteiger partial charge is 0.0525 e. The van der Waals surface area contributed by atoms with Gasteiger partial charge in [-0.15, -0.1) is 0 Å². The van der Waals surface area contributed by atoms with E-state index >= 15 is 0 Å². The molecular weight excluding hydrogens is 232 g/mol. The molecule has 0 spiro atoms. The molecule has 0 nitrogen and oxygen atoms in total. The summed E-state index contributed by atoms with van der Waals surface area (Å²) in [5.41, 5.74) is 7.34. The summed E-state index contributed by atoms with van der Waals surface area (Å²) in [6.07, 6.45) is 1.10. The van der Waals surface area contributed by atoms with Crippen molar-refractivity contribution < 1.29 is 0 Å². The normalized spacial score (nSPS) is 13.3. The van der Waals surface area contributed by atoms with Gasteiger partial charge in [0.1, 0.15) is 0 Å². The fraction of sp³-hybridized carbons (Fsp3) is 0.235. The minimum absolute atomic E-state index is 1.10. The van der Waals surface area contributed by atoms with Gasteiger partial charge in [0.05, 0.1) is 8.07 Å². The minimum atomic E-state index is -1.17. The highest BCUT2D eigenvalue weighted by molar-refractivity contribution is 6.80. The van der Waals surface area contributed by atoms with Gasteiger partial charge in [-0.3, -0.25) is 0 Å². The third-order valence-corrected chi connectivity index (χ3v) is 4.65. The molecule has 0 bridgehead atoms. The molecule has 2 aromatic carbocycles. The van der Waals surface area contributed by atoms with Crippen LogP contribution in [0.5, 0.6) is 0 Å². The lowest BCUT2D eigenvalue weighted by atomic mass is 10.0. The molecule has 1 aliphatic carbocycles. The van der Waals surface area contributed by atoms with Gasteiger partial charge in [-0.05, 0) is 40.3 Å². The fourth-order valence-electron chi connectivity index (χ4n) is 2.78. The number of rotatable bonds is 2. The molecule has 1 radical (unpaired) electrons. The topological polar surface area (TPSA) is 0 Å². The van der Waals surface area contributed by atoms with Crippen molar-refractivity contribution in [3.63, 3.8) is 0 Å². The van der Waals surface area contributed by atoms with E-state index in [9.17, 15) is 0 Å². The summed E-state index contributed by atoms with van der Waals surface area (Å²) in [6, 6.07) is 18.1. The molecule has 3 rings (SSSR count). The van der Waals surface area contributed by atoms with Crippen molar-refractivity contribution in [2.45, 2.75) is 26.1 Å². The third kappa shape index (κ3) is 2.03. The number of benzene rings is 2. The molecule has 0 aliphatic heterocycles. The Labute approximate surface area is 111 Å². The zero-order chi connectivity index (χ0) is 12.8. The van der Waals surface area contributed by atoms with Gasteiger partial charge in [0, 0.05) is 0 Å². The maximum Gasteiger partial charge on any atom is 0.0525 e. The van der Waals surface area contributed by atoms with E-state index in [1.54, 1.807) is 0 Å². The first kappa shape index (κ1) is 11.7. The first-order chi connectivity index (χ1) is 8.54. The highest BCUT2D eigenvalue weighted by atomic mass is 28.3. The van der Waals surface area contributed by atoms with E-state index in [4.69, 9.17) is 0 Å². The molecule has 1 aliphatic rings. The Morgan fingerprint density at radius 3 is 2.39 bits per heavy atom. The van der Waals surface area contributed by atoms with Crippen molar-refractivity contribution in [1.29, 1.82) is 0 Å². The average Bonchev–Trinajstić information content (AvgIpc) is 2.67. The SMILES string of the molecule is C[Si](C)(C)[CH]c1cccc2c1Cc1ccccc1-2. The van der Waals surface area contributed by atoms with Crippen molar-refractivity contribution in [1.82, 2.24) is 0 Å². The van der Waals surface area contributed by atoms with Crippen LogP contribution in [0.2, 0.25) is 19.6 Å². The highest BCUT2D eigenvalue weighted by Gasteiger charge is 2.23. The minimum Gasteiger partial charge on any atom is -0.0691 e. The van der Waals surface area contributed by atoms with Crippen LogP contribution in [-0.4, -0.2) is 8.07 Å². The molecule has 18 heavy (non-hydrogen) atoms. The van der Waals surface area contributed by atoms with Crippen LogP contribution < -0.4 is 0 Å². The first-order valence-electron chi connectivity index (χ1n) is 6.61. The second-order valence-corrected chi connectivity index (χ2v) is 11.2. The van der Waals surface area contributed by atoms with Gasteiger partial charge in [0.15, 0.2) is 0 Å². The van der Waals surface area contributed by atoms with E-state index in [0.29, 0.717) is 0 Å². The monoisotopic (exact) mass is 251 g/mol. The fourth-order valence-corrected chi connectivity index (χ4v) is 3.99. The summed E-state index contributed by atoms with van der Waals surface area (Å²) in [6.45, 7) is 7.19. The van der Waals surface area contributed by atoms with Crippen molar-refractivity contribution in [3.8, 4) is 11.1 Å². The molecule has 91 valence electrons. The summed E-state index contributed by atoms with van der Waals surface area (Å²) in [4.78, 5) is 0. The third-order valence-electron chi connectivity index (χ3n) is 3.48. The predicted molar refractivity (Wildman–Crippen MR) is 81.4 cm³/mol. The molecule has 0 fully saturated rings. The van der Waals surface area contributed by atoms with Crippen LogP contribution in [0.4, 0.5) is 0 Å². The summed E-state index contributed by atoms with van der Waals surface area (Å²) in [5, 5.41) is 0. The molecule has 0 saturated heterocycles. The highest BCUT2D eigenvalue weighted by Crippen LogP contribution is 2.39. The lowest BCUT2D eigenvalue weighted by molar-refractivity contribution is 1.23. The molecule has 0 heterocycles. The molecular formula is C17H19Si. The van der Waals surface area contributed by atoms with Crippen LogP contribution in [-0.2, 0) is 6.42 Å². The Morgan fingerprint density at radius 1 is 0.889 bits per heavy atom. The van der Waals surface area contributed by atoms with E-state index < -0.39 is 8.07 Å². The van der Waals surface area contributed by atoms with E-state index in [2.05, 4.69) is 68.1 Å². The molecule has 0 aromatic heterocycles. The molecule has 0 N–H and O–H groups in total. The summed E-state index contributed by atoms with van der Waals surface area (Å²) >= 11 is 0. The summed E-state index contributed by atoms with van der Waals surface area (Å²) in [5.74, 6) is 0. The second kappa shape index (κ2) is 4.10. The lowest BCUT2D eigenvalue weighted by Gasteiger charge is -2.18. The lowest BCUT2D eigenvalue weighted by Crippen LogP contribution is -2.22. The van der Waals surface area contributed by atoms with Gasteiger partial charge in [-0.1, -0.05) is 62.1 Å². The Balaban J connectivity index is 2.09. The van der Waals surface area contributed by atoms with Crippen LogP contribution in [0.25, 0.3) is 11.1 Å². The zero-order valence-corrected chi connectivity index (χ0v) is 12.3. The molecule has 1 heteroatoms. The summed E-state index contributed by atoms with van der Waals surface area (Å²) in [7, 11) is -1.17. The van der Waals surface area contributed by atoms with Gasteiger partial charge in [-0.2, -0.15) is 0 Å². The van der Waals surface area contributed by atoms with Gasteiger partial charge in [0.25, 0.3) is 0 Å². The largest absolute Gasteiger partial charge is 0.0691 e. The number of hydrogen-bond donors (Lipinski definition) is 0. The maximum absolute atomic E-state index is 2.53. The van der Waals surface area contributed by atoms with Gasteiger partial charge in [0.2, 0.25) is 0 Å². The van der Waals surface area contributed by atoms with Gasteiger partial charge < -0.3 is 0 Å². The Hall–Kier alpha value is -1.34. The zero-order valence-electron chi connectivity index (χ0n) is 11.3. The Kier molecular flexibility index (Phi) is 2.67. The molecule has 2 aromatic rings. The van der Waals surface area contributed by atoms with Crippen LogP contribution in [0.1, 0.15) is 16.7 Å². The van der Waals surface area contributed by atoms with Crippen LogP contribution >= 0.6 is 0 Å². The van der Waals surface area contributed by atoms with Crippen LogP contribution in [0.3, 0.4) is 0 Å². The first-order valence-corrected chi connectivity index (χ1v) is 10.2. The maximum atomic E-state index is 2.53. The van der Waals surface area contributed by atoms with E-state index in [-0.39, 0.29) is 0 Å². The van der Waals surface area contributed by atoms with Gasteiger partial charge in [-0.25, -0.2) is 0 Å². The van der Waals surface area contributed by atoms with E-state index in [1.165, 1.54) is 27.8 Å². The second-order valence-electron chi connectivity index (χ2n) is 6.22. The average molecular weight is 251 g/mol. The van der Waals surface area contributed by atoms with E-state index in [1.807, 2.05) is 0 Å². The van der Waals surface area contributed by atoms with Crippen molar-refractivity contribution in [3.05, 3.63) is 65.2 Å². The number of fused-ring (bicyclic) bond motifs is 3. The molecule has 0 atom stereocenters. The summed E-state index contributed by atoms with van der Waals surface area (Å²) < 4.78 is 0. The predicted octanol–water partition coefficient (Wildman–Crippen LogP) is 4.69. The van der Waals surface area contributed by atoms with Crippen molar-refractivity contribution in [2.75, 3.05) is 0 Å². The molecule has 0 saturated carbocycles. The molecule has 0 unspecified atom stereocenters. The van der Waals surface area contributed by atoms with Crippen LogP contribution in [0.15, 0.2) is 42.5 Å². The van der Waals surface area contributed by atoms with Crippen molar-refractivity contribution >= 4 is 8.07 Å². The van der Waals surface area contributed by atoms with Crippen molar-refractivity contribution in [2.24, 2.45) is 0 Å². The molecule has 0 amide bonds. The standard InChI is InChI=1S/C17H19Si/c1-18(2,3)12-14-8-6-10-16-15-9-5-4-7-13(15)11-17(14)16/h4-10,12H,11H2,1-3H3. The van der Waals surface area contributed by atoms with Gasteiger partial charge >= 0.3 is 0 Å². The Bertz CT molecular complexity index is 591. The van der Waals surface area contributed by atoms with E-state index in [0.717, 1.165) is 6.42 Å². The van der Waals surface area contributed by atoms with Crippen LogP contribution in [0, 0.1) is 6.04 Å². The Morgan fingerprint density at radius 2 is 1.61 bits per heavy atom. The number of hydrogen-bond acceptors (Lipinski definition) is 0. The quantitative estimate of drug-likeness (QED) is 0.580.